The lowest BCUT2D eigenvalue weighted by Crippen LogP contribution is -2.05. The second-order valence-electron chi connectivity index (χ2n) is 5.40. The minimum atomic E-state index is 0.503. The van der Waals surface area contributed by atoms with Crippen molar-refractivity contribution >= 4 is 11.8 Å². The second kappa shape index (κ2) is 8.57. The van der Waals surface area contributed by atoms with Crippen LogP contribution in [0, 0.1) is 6.92 Å². The number of rotatable bonds is 8. The number of thioether (sulfide) groups is 1. The third-order valence-corrected chi connectivity index (χ3v) is 4.53. The molecular weight excluding hydrogens is 352 g/mol. The molecule has 1 aromatic heterocycles. The summed E-state index contributed by atoms with van der Waals surface area (Å²) in [5.74, 6) is 2.84. The summed E-state index contributed by atoms with van der Waals surface area (Å²) < 4.78 is 18.2. The Bertz CT molecular complexity index is 869. The van der Waals surface area contributed by atoms with Gasteiger partial charge < -0.3 is 14.2 Å². The average Bonchev–Trinajstić information content (AvgIpc) is 3.14. The first-order valence-corrected chi connectivity index (χ1v) is 9.03. The molecule has 0 saturated heterocycles. The van der Waals surface area contributed by atoms with E-state index in [1.54, 1.807) is 18.9 Å². The van der Waals surface area contributed by atoms with E-state index in [1.807, 2.05) is 49.4 Å². The SMILES string of the molecule is COc1ccccc1OCCSc1nnnn1-c1cc(C)ccc1OC. The molecule has 3 aromatic rings. The number of nitrogens with zero attached hydrogens (tertiary/aromatic N) is 4. The first-order chi connectivity index (χ1) is 12.7. The van der Waals surface area contributed by atoms with Crippen molar-refractivity contribution in [3.8, 4) is 22.9 Å². The Morgan fingerprint density at radius 2 is 1.77 bits per heavy atom. The minimum absolute atomic E-state index is 0.503. The molecule has 0 spiro atoms. The fourth-order valence-corrected chi connectivity index (χ4v) is 3.11. The van der Waals surface area contributed by atoms with Gasteiger partial charge in [-0.15, -0.1) is 5.10 Å². The molecule has 136 valence electrons. The van der Waals surface area contributed by atoms with Crippen LogP contribution in [-0.2, 0) is 0 Å². The molecule has 0 atom stereocenters. The van der Waals surface area contributed by atoms with Crippen LogP contribution in [0.3, 0.4) is 0 Å². The Morgan fingerprint density at radius 3 is 2.54 bits per heavy atom. The number of aromatic nitrogens is 4. The van der Waals surface area contributed by atoms with E-state index in [2.05, 4.69) is 15.5 Å². The third-order valence-electron chi connectivity index (χ3n) is 3.64. The number of methoxy groups -OCH3 is 2. The first kappa shape index (κ1) is 18.1. The Morgan fingerprint density at radius 1 is 1.00 bits per heavy atom. The van der Waals surface area contributed by atoms with Gasteiger partial charge in [0, 0.05) is 5.75 Å². The van der Waals surface area contributed by atoms with Crippen LogP contribution < -0.4 is 14.2 Å². The average molecular weight is 372 g/mol. The zero-order chi connectivity index (χ0) is 18.4. The van der Waals surface area contributed by atoms with Crippen LogP contribution in [0.2, 0.25) is 0 Å². The van der Waals surface area contributed by atoms with Gasteiger partial charge in [-0.05, 0) is 47.2 Å². The fraction of sp³-hybridized carbons (Fsp3) is 0.278. The quantitative estimate of drug-likeness (QED) is 0.444. The van der Waals surface area contributed by atoms with Crippen LogP contribution in [0.5, 0.6) is 17.2 Å². The summed E-state index contributed by atoms with van der Waals surface area (Å²) in [6.07, 6.45) is 0. The van der Waals surface area contributed by atoms with Gasteiger partial charge in [0.05, 0.1) is 20.8 Å². The van der Waals surface area contributed by atoms with E-state index in [-0.39, 0.29) is 0 Å². The zero-order valence-corrected chi connectivity index (χ0v) is 15.7. The number of hydrogen-bond donors (Lipinski definition) is 0. The van der Waals surface area contributed by atoms with E-state index in [1.165, 1.54) is 11.8 Å². The highest BCUT2D eigenvalue weighted by Gasteiger charge is 2.14. The summed E-state index contributed by atoms with van der Waals surface area (Å²) >= 11 is 1.51. The van der Waals surface area contributed by atoms with Gasteiger partial charge in [0.15, 0.2) is 11.5 Å². The normalized spacial score (nSPS) is 10.6. The van der Waals surface area contributed by atoms with Crippen LogP contribution in [0.15, 0.2) is 47.6 Å². The molecule has 3 rings (SSSR count). The van der Waals surface area contributed by atoms with E-state index in [0.717, 1.165) is 22.7 Å². The van der Waals surface area contributed by atoms with Gasteiger partial charge >= 0.3 is 0 Å². The van der Waals surface area contributed by atoms with E-state index < -0.39 is 0 Å². The number of aryl methyl sites for hydroxylation is 1. The topological polar surface area (TPSA) is 71.3 Å². The predicted molar refractivity (Wildman–Crippen MR) is 99.7 cm³/mol. The molecule has 7 nitrogen and oxygen atoms in total. The van der Waals surface area contributed by atoms with Crippen molar-refractivity contribution in [3.05, 3.63) is 48.0 Å². The largest absolute Gasteiger partial charge is 0.494 e. The Balaban J connectivity index is 1.66. The van der Waals surface area contributed by atoms with Gasteiger partial charge in [-0.1, -0.05) is 30.0 Å². The van der Waals surface area contributed by atoms with Crippen molar-refractivity contribution in [3.63, 3.8) is 0 Å². The molecule has 1 heterocycles. The summed E-state index contributed by atoms with van der Waals surface area (Å²) in [5.41, 5.74) is 1.91. The molecule has 0 aliphatic rings. The molecule has 0 unspecified atom stereocenters. The molecule has 2 aromatic carbocycles. The van der Waals surface area contributed by atoms with E-state index in [4.69, 9.17) is 14.2 Å². The number of para-hydroxylation sites is 2. The van der Waals surface area contributed by atoms with Gasteiger partial charge in [-0.3, -0.25) is 0 Å². The Kier molecular flexibility index (Phi) is 5.96. The van der Waals surface area contributed by atoms with Gasteiger partial charge in [-0.2, -0.15) is 4.68 Å². The highest BCUT2D eigenvalue weighted by Crippen LogP contribution is 2.28. The van der Waals surface area contributed by atoms with Crippen molar-refractivity contribution in [2.24, 2.45) is 0 Å². The smallest absolute Gasteiger partial charge is 0.214 e. The van der Waals surface area contributed by atoms with Crippen LogP contribution >= 0.6 is 11.8 Å². The number of hydrogen-bond acceptors (Lipinski definition) is 7. The molecule has 8 heteroatoms. The number of benzene rings is 2. The number of tetrazole rings is 1. The van der Waals surface area contributed by atoms with Crippen LogP contribution in [-0.4, -0.2) is 46.8 Å². The second-order valence-corrected chi connectivity index (χ2v) is 6.46. The van der Waals surface area contributed by atoms with Gasteiger partial charge in [-0.25, -0.2) is 0 Å². The molecule has 0 saturated carbocycles. The van der Waals surface area contributed by atoms with E-state index >= 15 is 0 Å². The van der Waals surface area contributed by atoms with E-state index in [9.17, 15) is 0 Å². The molecule has 0 fully saturated rings. The fourth-order valence-electron chi connectivity index (χ4n) is 2.41. The van der Waals surface area contributed by atoms with Crippen molar-refractivity contribution in [2.45, 2.75) is 12.1 Å². The van der Waals surface area contributed by atoms with Crippen molar-refractivity contribution in [1.82, 2.24) is 20.2 Å². The maximum absolute atomic E-state index is 5.79. The van der Waals surface area contributed by atoms with Crippen molar-refractivity contribution < 1.29 is 14.2 Å². The van der Waals surface area contributed by atoms with Gasteiger partial charge in [0.2, 0.25) is 5.16 Å². The summed E-state index contributed by atoms with van der Waals surface area (Å²) in [5, 5.41) is 12.7. The van der Waals surface area contributed by atoms with Gasteiger partial charge in [0.1, 0.15) is 11.4 Å². The van der Waals surface area contributed by atoms with Gasteiger partial charge in [0.25, 0.3) is 0 Å². The Hall–Kier alpha value is -2.74. The molecule has 0 bridgehead atoms. The lowest BCUT2D eigenvalue weighted by Gasteiger charge is -2.11. The Labute approximate surface area is 156 Å². The predicted octanol–water partition coefficient (Wildman–Crippen LogP) is 3.16. The first-order valence-electron chi connectivity index (χ1n) is 8.05. The van der Waals surface area contributed by atoms with Crippen LogP contribution in [0.4, 0.5) is 0 Å². The highest BCUT2D eigenvalue weighted by molar-refractivity contribution is 7.99. The summed E-state index contributed by atoms with van der Waals surface area (Å²) in [6.45, 7) is 2.52. The summed E-state index contributed by atoms with van der Waals surface area (Å²) in [6, 6.07) is 13.5. The minimum Gasteiger partial charge on any atom is -0.494 e. The lowest BCUT2D eigenvalue weighted by molar-refractivity contribution is 0.313. The van der Waals surface area contributed by atoms with Crippen molar-refractivity contribution in [1.29, 1.82) is 0 Å². The molecule has 0 amide bonds. The van der Waals surface area contributed by atoms with Crippen LogP contribution in [0.1, 0.15) is 5.56 Å². The van der Waals surface area contributed by atoms with E-state index in [0.29, 0.717) is 23.3 Å². The zero-order valence-electron chi connectivity index (χ0n) is 14.9. The molecule has 0 N–H and O–H groups in total. The molecule has 0 aliphatic carbocycles. The number of ether oxygens (including phenoxy) is 3. The maximum atomic E-state index is 5.79. The molecule has 0 aliphatic heterocycles. The molecular formula is C18H20N4O3S. The third kappa shape index (κ3) is 4.08. The summed E-state index contributed by atoms with van der Waals surface area (Å²) in [7, 11) is 3.26. The van der Waals surface area contributed by atoms with Crippen molar-refractivity contribution in [2.75, 3.05) is 26.6 Å². The lowest BCUT2D eigenvalue weighted by atomic mass is 10.2. The highest BCUT2D eigenvalue weighted by atomic mass is 32.2. The standard InChI is InChI=1S/C18H20N4O3S/c1-13-8-9-15(23-2)14(12-13)22-18(19-20-21-22)26-11-10-25-17-7-5-4-6-16(17)24-3/h4-9,12H,10-11H2,1-3H3. The molecule has 0 radical (unpaired) electrons. The van der Waals surface area contributed by atoms with Crippen LogP contribution in [0.25, 0.3) is 5.69 Å². The monoisotopic (exact) mass is 372 g/mol. The summed E-state index contributed by atoms with van der Waals surface area (Å²) in [4.78, 5) is 0. The molecule has 26 heavy (non-hydrogen) atoms. The maximum Gasteiger partial charge on any atom is 0.214 e.